The normalized spacial score (nSPS) is 11.0. The van der Waals surface area contributed by atoms with E-state index in [1.165, 1.54) is 0 Å². The Kier molecular flexibility index (Phi) is 4.91. The van der Waals surface area contributed by atoms with E-state index in [9.17, 15) is 0 Å². The summed E-state index contributed by atoms with van der Waals surface area (Å²) in [5, 5.41) is 7.55. The number of aryl methyl sites for hydroxylation is 1. The van der Waals surface area contributed by atoms with E-state index in [1.807, 2.05) is 31.2 Å². The van der Waals surface area contributed by atoms with Gasteiger partial charge in [0.2, 0.25) is 0 Å². The van der Waals surface area contributed by atoms with Crippen molar-refractivity contribution in [2.75, 3.05) is 12.4 Å². The van der Waals surface area contributed by atoms with Crippen LogP contribution < -0.4 is 10.1 Å². The van der Waals surface area contributed by atoms with Gasteiger partial charge in [0.25, 0.3) is 0 Å². The third-order valence-electron chi connectivity index (χ3n) is 4.13. The maximum Gasteiger partial charge on any atom is 0.143 e. The summed E-state index contributed by atoms with van der Waals surface area (Å²) in [5.74, 6) is 2.20. The third kappa shape index (κ3) is 3.58. The van der Waals surface area contributed by atoms with Crippen molar-refractivity contribution in [3.05, 3.63) is 63.7 Å². The number of methoxy groups -OCH3 is 1. The second-order valence-electron chi connectivity index (χ2n) is 5.93. The van der Waals surface area contributed by atoms with Gasteiger partial charge in [0.05, 0.1) is 23.2 Å². The number of thiophene rings is 1. The van der Waals surface area contributed by atoms with E-state index in [2.05, 4.69) is 20.7 Å². The molecule has 27 heavy (non-hydrogen) atoms. The first kappa shape index (κ1) is 18.0. The van der Waals surface area contributed by atoms with Crippen LogP contribution in [-0.2, 0) is 0 Å². The van der Waals surface area contributed by atoms with Crippen LogP contribution in [0.25, 0.3) is 21.3 Å². The number of aromatic nitrogens is 2. The molecule has 0 spiro atoms. The first-order valence-corrected chi connectivity index (χ1v) is 9.81. The summed E-state index contributed by atoms with van der Waals surface area (Å²) in [7, 11) is 1.66. The van der Waals surface area contributed by atoms with Gasteiger partial charge in [-0.15, -0.1) is 11.3 Å². The Hall–Kier alpha value is -2.34. The van der Waals surface area contributed by atoms with Crippen molar-refractivity contribution >= 4 is 56.3 Å². The first-order valence-electron chi connectivity index (χ1n) is 8.17. The monoisotopic (exact) mass is 415 g/mol. The first-order chi connectivity index (χ1) is 13.0. The molecule has 4 aromatic rings. The molecule has 0 saturated carbocycles. The number of fused-ring (bicyclic) bond motifs is 1. The Morgan fingerprint density at radius 1 is 1.04 bits per heavy atom. The molecule has 2 aromatic carbocycles. The minimum Gasteiger partial charge on any atom is -0.497 e. The molecule has 0 atom stereocenters. The largest absolute Gasteiger partial charge is 0.497 e. The van der Waals surface area contributed by atoms with Crippen LogP contribution in [0.5, 0.6) is 5.75 Å². The fraction of sp³-hybridized carbons (Fsp3) is 0.100. The van der Waals surface area contributed by atoms with E-state index >= 15 is 0 Å². The highest BCUT2D eigenvalue weighted by Gasteiger charge is 2.16. The predicted octanol–water partition coefficient (Wildman–Crippen LogP) is 6.73. The van der Waals surface area contributed by atoms with Crippen molar-refractivity contribution < 1.29 is 4.74 Å². The van der Waals surface area contributed by atoms with Gasteiger partial charge in [-0.1, -0.05) is 35.3 Å². The molecular formula is C20H15Cl2N3OS. The lowest BCUT2D eigenvalue weighted by Crippen LogP contribution is -1.99. The summed E-state index contributed by atoms with van der Waals surface area (Å²) in [4.78, 5) is 10.1. The lowest BCUT2D eigenvalue weighted by atomic mass is 10.1. The molecule has 0 aliphatic rings. The van der Waals surface area contributed by atoms with Crippen LogP contribution in [0, 0.1) is 6.92 Å². The minimum absolute atomic E-state index is 0.574. The van der Waals surface area contributed by atoms with E-state index < -0.39 is 0 Å². The lowest BCUT2D eigenvalue weighted by molar-refractivity contribution is 0.415. The van der Waals surface area contributed by atoms with Gasteiger partial charge in [0.1, 0.15) is 22.2 Å². The summed E-state index contributed by atoms with van der Waals surface area (Å²) in [5.41, 5.74) is 2.82. The Balaban J connectivity index is 1.86. The van der Waals surface area contributed by atoms with E-state index in [0.29, 0.717) is 27.4 Å². The topological polar surface area (TPSA) is 47.0 Å². The van der Waals surface area contributed by atoms with Gasteiger partial charge in [-0.25, -0.2) is 9.97 Å². The fourth-order valence-corrected chi connectivity index (χ4v) is 4.17. The Labute approximate surface area is 170 Å². The van der Waals surface area contributed by atoms with Gasteiger partial charge in [0, 0.05) is 16.0 Å². The average Bonchev–Trinajstić information content (AvgIpc) is 3.08. The molecular weight excluding hydrogens is 401 g/mol. The number of nitrogens with one attached hydrogen (secondary N) is 1. The second kappa shape index (κ2) is 7.35. The maximum absolute atomic E-state index is 6.33. The summed E-state index contributed by atoms with van der Waals surface area (Å²) < 4.78 is 5.26. The quantitative estimate of drug-likeness (QED) is 0.401. The van der Waals surface area contributed by atoms with Gasteiger partial charge in [0.15, 0.2) is 0 Å². The number of hydrogen-bond acceptors (Lipinski definition) is 5. The molecule has 7 heteroatoms. The highest BCUT2D eigenvalue weighted by Crippen LogP contribution is 2.39. The van der Waals surface area contributed by atoms with Gasteiger partial charge in [-0.05, 0) is 42.8 Å². The standard InChI is InChI=1S/C20H15Cl2N3OS/c1-11-23-19(25-17-9-13(21)5-8-16(17)22)18-15(10-27-20(18)24-11)12-3-6-14(26-2)7-4-12/h3-10H,1-2H3,(H,23,24,25). The van der Waals surface area contributed by atoms with Crippen LogP contribution in [0.15, 0.2) is 47.8 Å². The molecule has 4 nitrogen and oxygen atoms in total. The molecule has 1 N–H and O–H groups in total. The van der Waals surface area contributed by atoms with Gasteiger partial charge in [-0.2, -0.15) is 0 Å². The van der Waals surface area contributed by atoms with Crippen molar-refractivity contribution in [2.45, 2.75) is 6.92 Å². The number of halogens is 2. The highest BCUT2D eigenvalue weighted by molar-refractivity contribution is 7.17. The maximum atomic E-state index is 6.33. The molecule has 0 bridgehead atoms. The molecule has 136 valence electrons. The Morgan fingerprint density at radius 3 is 2.56 bits per heavy atom. The molecule has 2 heterocycles. The molecule has 0 aliphatic carbocycles. The second-order valence-corrected chi connectivity index (χ2v) is 7.63. The van der Waals surface area contributed by atoms with Crippen LogP contribution in [0.2, 0.25) is 10.0 Å². The number of rotatable bonds is 4. The zero-order valence-electron chi connectivity index (χ0n) is 14.6. The highest BCUT2D eigenvalue weighted by atomic mass is 35.5. The predicted molar refractivity (Wildman–Crippen MR) is 114 cm³/mol. The van der Waals surface area contributed by atoms with Crippen LogP contribution in [0.1, 0.15) is 5.82 Å². The molecule has 0 aliphatic heterocycles. The molecule has 0 unspecified atom stereocenters. The van der Waals surface area contributed by atoms with Crippen LogP contribution in [0.4, 0.5) is 11.5 Å². The molecule has 0 radical (unpaired) electrons. The summed E-state index contributed by atoms with van der Waals surface area (Å²) >= 11 is 14.0. The fourth-order valence-electron chi connectivity index (χ4n) is 2.84. The Bertz CT molecular complexity index is 1130. The number of nitrogens with zero attached hydrogens (tertiary/aromatic N) is 2. The third-order valence-corrected chi connectivity index (χ3v) is 5.56. The zero-order chi connectivity index (χ0) is 19.0. The number of hydrogen-bond donors (Lipinski definition) is 1. The summed E-state index contributed by atoms with van der Waals surface area (Å²) in [6.45, 7) is 1.87. The van der Waals surface area contributed by atoms with Gasteiger partial charge in [-0.3, -0.25) is 0 Å². The summed E-state index contributed by atoms with van der Waals surface area (Å²) in [6, 6.07) is 13.2. The van der Waals surface area contributed by atoms with Crippen molar-refractivity contribution in [1.29, 1.82) is 0 Å². The SMILES string of the molecule is COc1ccc(-c2csc3nc(C)nc(Nc4cc(Cl)ccc4Cl)c23)cc1. The Morgan fingerprint density at radius 2 is 1.81 bits per heavy atom. The molecule has 2 aromatic heterocycles. The van der Waals surface area contributed by atoms with Crippen LogP contribution in [0.3, 0.4) is 0 Å². The molecule has 0 saturated heterocycles. The van der Waals surface area contributed by atoms with E-state index in [1.54, 1.807) is 36.6 Å². The molecule has 4 rings (SSSR count). The number of ether oxygens (including phenoxy) is 1. The number of anilines is 2. The zero-order valence-corrected chi connectivity index (χ0v) is 16.9. The summed E-state index contributed by atoms with van der Waals surface area (Å²) in [6.07, 6.45) is 0. The van der Waals surface area contributed by atoms with Crippen molar-refractivity contribution in [2.24, 2.45) is 0 Å². The van der Waals surface area contributed by atoms with Gasteiger partial charge >= 0.3 is 0 Å². The molecule has 0 amide bonds. The van der Waals surface area contributed by atoms with E-state index in [-0.39, 0.29) is 0 Å². The average molecular weight is 416 g/mol. The van der Waals surface area contributed by atoms with Gasteiger partial charge < -0.3 is 10.1 Å². The van der Waals surface area contributed by atoms with E-state index in [4.69, 9.17) is 27.9 Å². The van der Waals surface area contributed by atoms with Crippen LogP contribution in [-0.4, -0.2) is 17.1 Å². The smallest absolute Gasteiger partial charge is 0.143 e. The van der Waals surface area contributed by atoms with Crippen LogP contribution >= 0.6 is 34.5 Å². The van der Waals surface area contributed by atoms with Crippen molar-refractivity contribution in [3.63, 3.8) is 0 Å². The van der Waals surface area contributed by atoms with Crippen molar-refractivity contribution in [1.82, 2.24) is 9.97 Å². The number of benzene rings is 2. The lowest BCUT2D eigenvalue weighted by Gasteiger charge is -2.11. The van der Waals surface area contributed by atoms with E-state index in [0.717, 1.165) is 27.1 Å². The van der Waals surface area contributed by atoms with Crippen molar-refractivity contribution in [3.8, 4) is 16.9 Å². The molecule has 0 fully saturated rings. The minimum atomic E-state index is 0.574.